The normalized spacial score (nSPS) is 10.5. The summed E-state index contributed by atoms with van der Waals surface area (Å²) >= 11 is 3.31. The van der Waals surface area contributed by atoms with Crippen LogP contribution < -0.4 is 11.5 Å². The molecule has 5 nitrogen and oxygen atoms in total. The Bertz CT molecular complexity index is 489. The third-order valence-corrected chi connectivity index (χ3v) is 3.13. The number of anilines is 1. The molecule has 0 radical (unpaired) electrons. The maximum Gasteiger partial charge on any atom is 0.255 e. The lowest BCUT2D eigenvalue weighted by atomic mass is 10.1. The quantitative estimate of drug-likeness (QED) is 0.805. The predicted octanol–water partition coefficient (Wildman–Crippen LogP) is 1.61. The number of carbonyl (C=O) groups is 2. The van der Waals surface area contributed by atoms with Crippen LogP contribution in [0.5, 0.6) is 0 Å². The molecule has 104 valence electrons. The number of rotatable bonds is 5. The highest BCUT2D eigenvalue weighted by Gasteiger charge is 2.20. The molecule has 0 aliphatic heterocycles. The summed E-state index contributed by atoms with van der Waals surface area (Å²) in [4.78, 5) is 24.9. The number of nitrogens with zero attached hydrogens (tertiary/aromatic N) is 1. The number of benzene rings is 1. The summed E-state index contributed by atoms with van der Waals surface area (Å²) in [6.07, 6.45) is 0. The minimum Gasteiger partial charge on any atom is -0.399 e. The Kier molecular flexibility index (Phi) is 5.35. The van der Waals surface area contributed by atoms with Gasteiger partial charge in [0.2, 0.25) is 5.91 Å². The van der Waals surface area contributed by atoms with Crippen molar-refractivity contribution in [3.63, 3.8) is 0 Å². The van der Waals surface area contributed by atoms with Crippen molar-refractivity contribution in [3.05, 3.63) is 28.2 Å². The Labute approximate surface area is 121 Å². The Morgan fingerprint density at radius 3 is 2.53 bits per heavy atom. The lowest BCUT2D eigenvalue weighted by Gasteiger charge is -2.23. The molecule has 6 heteroatoms. The smallest absolute Gasteiger partial charge is 0.255 e. The largest absolute Gasteiger partial charge is 0.399 e. The molecule has 19 heavy (non-hydrogen) atoms. The number of halogens is 1. The van der Waals surface area contributed by atoms with Gasteiger partial charge >= 0.3 is 0 Å². The van der Waals surface area contributed by atoms with E-state index in [-0.39, 0.29) is 18.4 Å². The Hall–Kier alpha value is -1.56. The number of amides is 2. The molecule has 0 saturated carbocycles. The maximum absolute atomic E-state index is 12.4. The zero-order valence-electron chi connectivity index (χ0n) is 11.0. The van der Waals surface area contributed by atoms with Crippen molar-refractivity contribution in [3.8, 4) is 0 Å². The van der Waals surface area contributed by atoms with Crippen LogP contribution in [0.4, 0.5) is 5.69 Å². The molecule has 0 saturated heterocycles. The van der Waals surface area contributed by atoms with Crippen molar-refractivity contribution < 1.29 is 9.59 Å². The van der Waals surface area contributed by atoms with Gasteiger partial charge in [0.25, 0.3) is 5.91 Å². The van der Waals surface area contributed by atoms with Gasteiger partial charge in [-0.1, -0.05) is 13.8 Å². The average molecular weight is 328 g/mol. The van der Waals surface area contributed by atoms with Crippen LogP contribution in [0.1, 0.15) is 24.2 Å². The summed E-state index contributed by atoms with van der Waals surface area (Å²) in [5, 5.41) is 0. The maximum atomic E-state index is 12.4. The lowest BCUT2D eigenvalue weighted by Crippen LogP contribution is -2.40. The highest BCUT2D eigenvalue weighted by atomic mass is 79.9. The Morgan fingerprint density at radius 1 is 1.37 bits per heavy atom. The third-order valence-electron chi connectivity index (χ3n) is 2.44. The summed E-state index contributed by atoms with van der Waals surface area (Å²) in [5.41, 5.74) is 11.8. The molecular weight excluding hydrogens is 310 g/mol. The fourth-order valence-electron chi connectivity index (χ4n) is 1.73. The molecule has 0 fully saturated rings. The van der Waals surface area contributed by atoms with E-state index in [1.54, 1.807) is 18.2 Å². The van der Waals surface area contributed by atoms with Crippen LogP contribution in [-0.2, 0) is 4.79 Å². The molecule has 1 aromatic carbocycles. The molecule has 0 bridgehead atoms. The molecule has 0 aliphatic rings. The van der Waals surface area contributed by atoms with E-state index in [4.69, 9.17) is 11.5 Å². The van der Waals surface area contributed by atoms with E-state index in [1.165, 1.54) is 4.90 Å². The van der Waals surface area contributed by atoms with E-state index >= 15 is 0 Å². The highest BCUT2D eigenvalue weighted by molar-refractivity contribution is 9.10. The summed E-state index contributed by atoms with van der Waals surface area (Å²) in [6, 6.07) is 4.99. The van der Waals surface area contributed by atoms with Gasteiger partial charge in [0.15, 0.2) is 0 Å². The average Bonchev–Trinajstić information content (AvgIpc) is 2.29. The predicted molar refractivity (Wildman–Crippen MR) is 78.5 cm³/mol. The van der Waals surface area contributed by atoms with Crippen LogP contribution in [0.3, 0.4) is 0 Å². The zero-order valence-corrected chi connectivity index (χ0v) is 12.6. The first-order chi connectivity index (χ1) is 8.81. The second-order valence-electron chi connectivity index (χ2n) is 4.79. The number of hydrogen-bond acceptors (Lipinski definition) is 3. The summed E-state index contributed by atoms with van der Waals surface area (Å²) in [7, 11) is 0. The second-order valence-corrected chi connectivity index (χ2v) is 5.64. The molecule has 0 heterocycles. The van der Waals surface area contributed by atoms with Crippen LogP contribution in [0.25, 0.3) is 0 Å². The van der Waals surface area contributed by atoms with Gasteiger partial charge in [-0.15, -0.1) is 0 Å². The second kappa shape index (κ2) is 6.56. The molecule has 2 amide bonds. The molecular formula is C13H18BrN3O2. The van der Waals surface area contributed by atoms with Crippen molar-refractivity contribution in [2.75, 3.05) is 18.8 Å². The van der Waals surface area contributed by atoms with Crippen molar-refractivity contribution in [2.24, 2.45) is 11.7 Å². The van der Waals surface area contributed by atoms with Gasteiger partial charge in [-0.2, -0.15) is 0 Å². The number of nitrogen functional groups attached to an aromatic ring is 1. The van der Waals surface area contributed by atoms with Gasteiger partial charge in [-0.25, -0.2) is 0 Å². The first kappa shape index (κ1) is 15.5. The van der Waals surface area contributed by atoms with Crippen LogP contribution >= 0.6 is 15.9 Å². The zero-order chi connectivity index (χ0) is 14.6. The molecule has 1 rings (SSSR count). The summed E-state index contributed by atoms with van der Waals surface area (Å²) in [6.45, 7) is 4.30. The van der Waals surface area contributed by atoms with Crippen molar-refractivity contribution in [1.29, 1.82) is 0 Å². The number of nitrogens with two attached hydrogens (primary N) is 2. The van der Waals surface area contributed by atoms with Crippen molar-refractivity contribution >= 4 is 33.4 Å². The van der Waals surface area contributed by atoms with Crippen LogP contribution in [-0.4, -0.2) is 29.8 Å². The summed E-state index contributed by atoms with van der Waals surface area (Å²) < 4.78 is 0.643. The highest BCUT2D eigenvalue weighted by Crippen LogP contribution is 2.21. The van der Waals surface area contributed by atoms with E-state index in [1.807, 2.05) is 13.8 Å². The SMILES string of the molecule is CC(C)CN(CC(N)=O)C(=O)c1cc(N)ccc1Br. The number of hydrogen-bond donors (Lipinski definition) is 2. The van der Waals surface area contributed by atoms with Gasteiger partial charge in [0.05, 0.1) is 12.1 Å². The minimum absolute atomic E-state index is 0.0990. The lowest BCUT2D eigenvalue weighted by molar-refractivity contribution is -0.118. The van der Waals surface area contributed by atoms with E-state index in [0.29, 0.717) is 22.3 Å². The van der Waals surface area contributed by atoms with Crippen LogP contribution in [0, 0.1) is 5.92 Å². The number of primary amides is 1. The summed E-state index contributed by atoms with van der Waals surface area (Å²) in [5.74, 6) is -0.552. The molecule has 0 aromatic heterocycles. The van der Waals surface area contributed by atoms with E-state index < -0.39 is 5.91 Å². The minimum atomic E-state index is -0.533. The molecule has 4 N–H and O–H groups in total. The molecule has 1 aromatic rings. The third kappa shape index (κ3) is 4.55. The fraction of sp³-hybridized carbons (Fsp3) is 0.385. The van der Waals surface area contributed by atoms with Crippen LogP contribution in [0.15, 0.2) is 22.7 Å². The van der Waals surface area contributed by atoms with Crippen molar-refractivity contribution in [2.45, 2.75) is 13.8 Å². The van der Waals surface area contributed by atoms with Gasteiger partial charge in [-0.05, 0) is 40.0 Å². The van der Waals surface area contributed by atoms with Gasteiger partial charge in [0, 0.05) is 16.7 Å². The molecule has 0 atom stereocenters. The fourth-order valence-corrected chi connectivity index (χ4v) is 2.14. The van der Waals surface area contributed by atoms with E-state index in [2.05, 4.69) is 15.9 Å². The van der Waals surface area contributed by atoms with Crippen LogP contribution in [0.2, 0.25) is 0 Å². The number of carbonyl (C=O) groups excluding carboxylic acids is 2. The van der Waals surface area contributed by atoms with E-state index in [9.17, 15) is 9.59 Å². The molecule has 0 spiro atoms. The van der Waals surface area contributed by atoms with Crippen molar-refractivity contribution in [1.82, 2.24) is 4.90 Å². The first-order valence-corrected chi connectivity index (χ1v) is 6.73. The monoisotopic (exact) mass is 327 g/mol. The Balaban J connectivity index is 3.03. The van der Waals surface area contributed by atoms with Gasteiger partial charge in [-0.3, -0.25) is 9.59 Å². The van der Waals surface area contributed by atoms with Gasteiger partial charge in [0.1, 0.15) is 0 Å². The first-order valence-electron chi connectivity index (χ1n) is 5.94. The topological polar surface area (TPSA) is 89.4 Å². The molecule has 0 unspecified atom stereocenters. The van der Waals surface area contributed by atoms with E-state index in [0.717, 1.165) is 0 Å². The van der Waals surface area contributed by atoms with Gasteiger partial charge < -0.3 is 16.4 Å². The standard InChI is InChI=1S/C13H18BrN3O2/c1-8(2)6-17(7-12(16)18)13(19)10-5-9(15)3-4-11(10)14/h3-5,8H,6-7,15H2,1-2H3,(H2,16,18). The Morgan fingerprint density at radius 2 is 2.00 bits per heavy atom. The molecule has 0 aliphatic carbocycles.